The van der Waals surface area contributed by atoms with Crippen LogP contribution in [0.2, 0.25) is 0 Å². The van der Waals surface area contributed by atoms with Gasteiger partial charge in [0.15, 0.2) is 5.65 Å². The second-order valence-corrected chi connectivity index (χ2v) is 5.90. The van der Waals surface area contributed by atoms with Gasteiger partial charge in [0.2, 0.25) is 5.95 Å². The Kier molecular flexibility index (Phi) is 3.65. The van der Waals surface area contributed by atoms with Crippen LogP contribution in [-0.4, -0.2) is 26.3 Å². The zero-order valence-corrected chi connectivity index (χ0v) is 13.1. The molecule has 3 aromatic rings. The molecule has 1 aromatic carbocycles. The zero-order valence-electron chi connectivity index (χ0n) is 11.5. The average Bonchev–Trinajstić information content (AvgIpc) is 2.92. The lowest BCUT2D eigenvalue weighted by Crippen LogP contribution is -2.36. The topological polar surface area (TPSA) is 62.5 Å². The molecule has 0 saturated heterocycles. The van der Waals surface area contributed by atoms with E-state index in [1.165, 1.54) is 0 Å². The third-order valence-electron chi connectivity index (χ3n) is 3.43. The van der Waals surface area contributed by atoms with Crippen molar-refractivity contribution in [1.82, 2.24) is 14.6 Å². The highest BCUT2D eigenvalue weighted by Gasteiger charge is 2.27. The van der Waals surface area contributed by atoms with E-state index in [9.17, 15) is 5.11 Å². The summed E-state index contributed by atoms with van der Waals surface area (Å²) in [4.78, 5) is 4.45. The SMILES string of the molecule is CC(CO)(Nc1nc2c(Br)cccn2n1)c1ccccc1. The second kappa shape index (κ2) is 5.46. The molecule has 0 saturated carbocycles. The molecule has 0 aliphatic carbocycles. The zero-order chi connectivity index (χ0) is 14.9. The standard InChI is InChI=1S/C15H15BrN4O/c1-15(10-21,11-6-3-2-4-7-11)18-14-17-13-12(16)8-5-9-20(13)19-14/h2-9,21H,10H2,1H3,(H,18,19). The Bertz CT molecular complexity index is 759. The summed E-state index contributed by atoms with van der Waals surface area (Å²) < 4.78 is 2.56. The van der Waals surface area contributed by atoms with E-state index >= 15 is 0 Å². The number of hydrogen-bond donors (Lipinski definition) is 2. The fourth-order valence-corrected chi connectivity index (χ4v) is 2.61. The van der Waals surface area contributed by atoms with Gasteiger partial charge in [0.05, 0.1) is 16.6 Å². The molecular formula is C15H15BrN4O. The van der Waals surface area contributed by atoms with Crippen LogP contribution in [0.15, 0.2) is 53.1 Å². The molecule has 0 fully saturated rings. The number of hydrogen-bond acceptors (Lipinski definition) is 4. The van der Waals surface area contributed by atoms with Crippen LogP contribution < -0.4 is 5.32 Å². The number of anilines is 1. The van der Waals surface area contributed by atoms with E-state index in [4.69, 9.17) is 0 Å². The Morgan fingerprint density at radius 1 is 1.24 bits per heavy atom. The number of halogens is 1. The van der Waals surface area contributed by atoms with Gasteiger partial charge in [0.1, 0.15) is 0 Å². The van der Waals surface area contributed by atoms with Crippen molar-refractivity contribution in [2.75, 3.05) is 11.9 Å². The van der Waals surface area contributed by atoms with E-state index in [0.717, 1.165) is 15.7 Å². The summed E-state index contributed by atoms with van der Waals surface area (Å²) in [6.07, 6.45) is 1.83. The van der Waals surface area contributed by atoms with Crippen molar-refractivity contribution in [1.29, 1.82) is 0 Å². The fourth-order valence-electron chi connectivity index (χ4n) is 2.18. The van der Waals surface area contributed by atoms with Crippen molar-refractivity contribution in [3.8, 4) is 0 Å². The van der Waals surface area contributed by atoms with Crippen LogP contribution in [0.3, 0.4) is 0 Å². The Labute approximate surface area is 130 Å². The maximum absolute atomic E-state index is 9.80. The van der Waals surface area contributed by atoms with Crippen LogP contribution in [0, 0.1) is 0 Å². The Balaban J connectivity index is 1.98. The van der Waals surface area contributed by atoms with Gasteiger partial charge in [-0.05, 0) is 40.5 Å². The van der Waals surface area contributed by atoms with Crippen LogP contribution >= 0.6 is 15.9 Å². The molecule has 2 aromatic heterocycles. The number of aromatic nitrogens is 3. The number of aliphatic hydroxyl groups excluding tert-OH is 1. The molecule has 21 heavy (non-hydrogen) atoms. The van der Waals surface area contributed by atoms with Gasteiger partial charge in [0, 0.05) is 6.20 Å². The van der Waals surface area contributed by atoms with Gasteiger partial charge in [-0.1, -0.05) is 30.3 Å². The molecule has 5 nitrogen and oxygen atoms in total. The van der Waals surface area contributed by atoms with Crippen molar-refractivity contribution in [2.45, 2.75) is 12.5 Å². The lowest BCUT2D eigenvalue weighted by Gasteiger charge is -2.28. The number of aliphatic hydroxyl groups is 1. The minimum atomic E-state index is -0.640. The average molecular weight is 347 g/mol. The predicted octanol–water partition coefficient (Wildman–Crippen LogP) is 2.81. The number of nitrogens with zero attached hydrogens (tertiary/aromatic N) is 3. The van der Waals surface area contributed by atoms with Gasteiger partial charge >= 0.3 is 0 Å². The largest absolute Gasteiger partial charge is 0.394 e. The van der Waals surface area contributed by atoms with Crippen LogP contribution in [0.1, 0.15) is 12.5 Å². The Morgan fingerprint density at radius 3 is 2.67 bits per heavy atom. The number of nitrogens with one attached hydrogen (secondary N) is 1. The van der Waals surface area contributed by atoms with E-state index in [2.05, 4.69) is 31.3 Å². The van der Waals surface area contributed by atoms with Gasteiger partial charge in [-0.15, -0.1) is 5.10 Å². The van der Waals surface area contributed by atoms with Crippen molar-refractivity contribution >= 4 is 27.5 Å². The Hall–Kier alpha value is -1.92. The molecule has 0 amide bonds. The summed E-state index contributed by atoms with van der Waals surface area (Å²) in [5.74, 6) is 0.474. The predicted molar refractivity (Wildman–Crippen MR) is 85.2 cm³/mol. The summed E-state index contributed by atoms with van der Waals surface area (Å²) in [6.45, 7) is 1.86. The van der Waals surface area contributed by atoms with Crippen LogP contribution in [0.5, 0.6) is 0 Å². The molecule has 0 radical (unpaired) electrons. The van der Waals surface area contributed by atoms with E-state index in [-0.39, 0.29) is 6.61 Å². The Morgan fingerprint density at radius 2 is 2.00 bits per heavy atom. The van der Waals surface area contributed by atoms with Gasteiger partial charge < -0.3 is 10.4 Å². The van der Waals surface area contributed by atoms with Gasteiger partial charge in [-0.25, -0.2) is 4.52 Å². The van der Waals surface area contributed by atoms with Crippen molar-refractivity contribution < 1.29 is 5.11 Å². The summed E-state index contributed by atoms with van der Waals surface area (Å²) >= 11 is 3.45. The maximum atomic E-state index is 9.80. The summed E-state index contributed by atoms with van der Waals surface area (Å²) in [7, 11) is 0. The highest BCUT2D eigenvalue weighted by atomic mass is 79.9. The first kappa shape index (κ1) is 14.0. The molecule has 1 atom stereocenters. The third kappa shape index (κ3) is 2.64. The van der Waals surface area contributed by atoms with E-state index in [1.54, 1.807) is 4.52 Å². The number of benzene rings is 1. The highest BCUT2D eigenvalue weighted by Crippen LogP contribution is 2.25. The smallest absolute Gasteiger partial charge is 0.243 e. The highest BCUT2D eigenvalue weighted by molar-refractivity contribution is 9.10. The minimum absolute atomic E-state index is 0.0618. The van der Waals surface area contributed by atoms with Crippen molar-refractivity contribution in [3.63, 3.8) is 0 Å². The van der Waals surface area contributed by atoms with E-state index in [1.807, 2.05) is 55.6 Å². The third-order valence-corrected chi connectivity index (χ3v) is 4.05. The monoisotopic (exact) mass is 346 g/mol. The first-order valence-corrected chi connectivity index (χ1v) is 7.37. The molecule has 1 unspecified atom stereocenters. The van der Waals surface area contributed by atoms with E-state index < -0.39 is 5.54 Å². The minimum Gasteiger partial charge on any atom is -0.394 e. The summed E-state index contributed by atoms with van der Waals surface area (Å²) in [6, 6.07) is 13.6. The van der Waals surface area contributed by atoms with Gasteiger partial charge in [-0.2, -0.15) is 4.98 Å². The fraction of sp³-hybridized carbons (Fsp3) is 0.200. The lowest BCUT2D eigenvalue weighted by atomic mass is 9.93. The molecular weight excluding hydrogens is 332 g/mol. The molecule has 0 bridgehead atoms. The molecule has 6 heteroatoms. The van der Waals surface area contributed by atoms with Crippen LogP contribution in [-0.2, 0) is 5.54 Å². The molecule has 108 valence electrons. The molecule has 0 aliphatic rings. The van der Waals surface area contributed by atoms with Gasteiger partial charge in [0.25, 0.3) is 0 Å². The van der Waals surface area contributed by atoms with Crippen molar-refractivity contribution in [3.05, 3.63) is 58.7 Å². The lowest BCUT2D eigenvalue weighted by molar-refractivity contribution is 0.223. The molecule has 0 spiro atoms. The number of fused-ring (bicyclic) bond motifs is 1. The second-order valence-electron chi connectivity index (χ2n) is 5.04. The first-order chi connectivity index (χ1) is 10.1. The number of rotatable bonds is 4. The number of pyridine rings is 1. The van der Waals surface area contributed by atoms with E-state index in [0.29, 0.717) is 5.95 Å². The molecule has 0 aliphatic heterocycles. The molecule has 2 heterocycles. The van der Waals surface area contributed by atoms with Crippen molar-refractivity contribution in [2.24, 2.45) is 0 Å². The molecule has 3 rings (SSSR count). The summed E-state index contributed by atoms with van der Waals surface area (Å²) in [5.41, 5.74) is 1.07. The summed E-state index contributed by atoms with van der Waals surface area (Å²) in [5, 5.41) is 17.4. The normalized spacial score (nSPS) is 14.0. The first-order valence-electron chi connectivity index (χ1n) is 6.58. The van der Waals surface area contributed by atoms with Crippen LogP contribution in [0.25, 0.3) is 5.65 Å². The van der Waals surface area contributed by atoms with Crippen LogP contribution in [0.4, 0.5) is 5.95 Å². The van der Waals surface area contributed by atoms with Gasteiger partial charge in [-0.3, -0.25) is 0 Å². The maximum Gasteiger partial charge on any atom is 0.243 e. The quantitative estimate of drug-likeness (QED) is 0.762. The molecule has 2 N–H and O–H groups in total.